The van der Waals surface area contributed by atoms with Gasteiger partial charge in [-0.2, -0.15) is 0 Å². The second-order valence-corrected chi connectivity index (χ2v) is 18.4. The molecule has 0 saturated heterocycles. The summed E-state index contributed by atoms with van der Waals surface area (Å²) >= 11 is 0. The van der Waals surface area contributed by atoms with Crippen LogP contribution in [0, 0.1) is 56.7 Å². The number of ketones is 2. The minimum absolute atomic E-state index is 0.0136. The summed E-state index contributed by atoms with van der Waals surface area (Å²) < 4.78 is 11.6. The van der Waals surface area contributed by atoms with E-state index in [0.717, 1.165) is 30.4 Å². The maximum atomic E-state index is 15.1. The molecule has 0 aromatic heterocycles. The first kappa shape index (κ1) is 35.9. The molecule has 0 aliphatic heterocycles. The predicted molar refractivity (Wildman–Crippen MR) is 202 cm³/mol. The Morgan fingerprint density at radius 3 is 2.31 bits per heavy atom. The van der Waals surface area contributed by atoms with Crippen molar-refractivity contribution in [2.75, 3.05) is 7.11 Å². The fourth-order valence-corrected chi connectivity index (χ4v) is 12.8. The Kier molecular flexibility index (Phi) is 8.87. The zero-order valence-corrected chi connectivity index (χ0v) is 32.1. The highest BCUT2D eigenvalue weighted by molar-refractivity contribution is 6.07. The highest BCUT2D eigenvalue weighted by atomic mass is 16.5. The molecule has 7 rings (SSSR count). The van der Waals surface area contributed by atoms with E-state index in [1.807, 2.05) is 67.6 Å². The van der Waals surface area contributed by atoms with Crippen molar-refractivity contribution in [2.45, 2.75) is 106 Å². The van der Waals surface area contributed by atoms with Crippen molar-refractivity contribution in [1.29, 1.82) is 0 Å². The van der Waals surface area contributed by atoms with Crippen LogP contribution < -0.4 is 4.74 Å². The minimum atomic E-state index is -1.03. The maximum Gasteiger partial charge on any atom is 0.307 e. The van der Waals surface area contributed by atoms with Crippen molar-refractivity contribution in [1.82, 2.24) is 0 Å². The molecule has 0 radical (unpaired) electrons. The Hall–Kier alpha value is -3.47. The van der Waals surface area contributed by atoms with Crippen LogP contribution in [0.15, 0.2) is 71.8 Å². The van der Waals surface area contributed by atoms with Gasteiger partial charge in [-0.15, -0.1) is 0 Å². The van der Waals surface area contributed by atoms with Crippen molar-refractivity contribution in [2.24, 2.45) is 56.7 Å². The summed E-state index contributed by atoms with van der Waals surface area (Å²) in [6, 6.07) is 17.4. The lowest BCUT2D eigenvalue weighted by Crippen LogP contribution is -2.67. The molecule has 2 aromatic carbocycles. The molecule has 0 amide bonds. The Morgan fingerprint density at radius 2 is 1.59 bits per heavy atom. The Balaban J connectivity index is 1.33. The van der Waals surface area contributed by atoms with Crippen LogP contribution in [0.25, 0.3) is 6.08 Å². The Labute approximate surface area is 305 Å². The molecular formula is C46H58O5. The van der Waals surface area contributed by atoms with Gasteiger partial charge in [-0.1, -0.05) is 103 Å². The summed E-state index contributed by atoms with van der Waals surface area (Å²) in [4.78, 5) is 43.8. The normalized spacial score (nSPS) is 41.1. The third-order valence-electron chi connectivity index (χ3n) is 15.8. The number of fused-ring (bicyclic) bond motifs is 7. The molecule has 51 heavy (non-hydrogen) atoms. The van der Waals surface area contributed by atoms with Gasteiger partial charge in [0, 0.05) is 16.9 Å². The molecule has 2 aromatic rings. The maximum absolute atomic E-state index is 15.1. The zero-order chi connectivity index (χ0) is 36.6. The monoisotopic (exact) mass is 690 g/mol. The standard InChI is InChI=1S/C46H58O5/c1-29-18-20-42(3)22-23-45(6)34(39(42)30(29)2)25-35(47)40-43(4)26-33(24-32-16-12-13-17-36(32)50-8)41(49)44(5,37(43)19-21-46(40,45)7)27-38(48)51-28-31-14-10-9-11-15-31/h9-17,24-25,29-30,37,39-40H,18-23,26-28H2,1-8H3/b33-24+/t29-,30+,37-,39+,40-,42-,43+,44?,45-,46-/m1/s1. The van der Waals surface area contributed by atoms with E-state index in [-0.39, 0.29) is 58.6 Å². The molecule has 0 heterocycles. The van der Waals surface area contributed by atoms with E-state index in [2.05, 4.69) is 47.6 Å². The van der Waals surface area contributed by atoms with Crippen LogP contribution in [0.5, 0.6) is 5.75 Å². The van der Waals surface area contributed by atoms with Crippen LogP contribution in [-0.2, 0) is 25.7 Å². The molecule has 10 atom stereocenters. The number of methoxy groups -OCH3 is 1. The molecule has 4 fully saturated rings. The van der Waals surface area contributed by atoms with Gasteiger partial charge in [0.15, 0.2) is 11.6 Å². The molecule has 0 N–H and O–H groups in total. The van der Waals surface area contributed by atoms with Gasteiger partial charge in [-0.3, -0.25) is 14.4 Å². The summed E-state index contributed by atoms with van der Waals surface area (Å²) in [5, 5.41) is 0. The smallest absolute Gasteiger partial charge is 0.307 e. The molecule has 0 spiro atoms. The average Bonchev–Trinajstić information content (AvgIpc) is 3.09. The molecule has 5 heteroatoms. The van der Waals surface area contributed by atoms with Crippen LogP contribution in [-0.4, -0.2) is 24.6 Å². The van der Waals surface area contributed by atoms with Crippen LogP contribution >= 0.6 is 0 Å². The minimum Gasteiger partial charge on any atom is -0.496 e. The van der Waals surface area contributed by atoms with Crippen molar-refractivity contribution < 1.29 is 23.9 Å². The number of hydrogen-bond acceptors (Lipinski definition) is 5. The van der Waals surface area contributed by atoms with Gasteiger partial charge < -0.3 is 9.47 Å². The van der Waals surface area contributed by atoms with Crippen molar-refractivity contribution in [3.05, 3.63) is 82.9 Å². The van der Waals surface area contributed by atoms with Gasteiger partial charge in [0.1, 0.15) is 12.4 Å². The Morgan fingerprint density at radius 1 is 0.882 bits per heavy atom. The lowest BCUT2D eigenvalue weighted by molar-refractivity contribution is -0.187. The predicted octanol–water partition coefficient (Wildman–Crippen LogP) is 10.2. The molecule has 1 unspecified atom stereocenters. The fraction of sp³-hybridized carbons (Fsp3) is 0.587. The molecular weight excluding hydrogens is 633 g/mol. The second-order valence-electron chi connectivity index (χ2n) is 18.4. The first-order valence-corrected chi connectivity index (χ1v) is 19.5. The van der Waals surface area contributed by atoms with E-state index in [9.17, 15) is 9.59 Å². The van der Waals surface area contributed by atoms with E-state index in [1.54, 1.807) is 7.11 Å². The van der Waals surface area contributed by atoms with E-state index < -0.39 is 10.8 Å². The van der Waals surface area contributed by atoms with Crippen molar-refractivity contribution >= 4 is 23.6 Å². The van der Waals surface area contributed by atoms with Gasteiger partial charge in [-0.25, -0.2) is 0 Å². The fourth-order valence-electron chi connectivity index (χ4n) is 12.8. The average molecular weight is 691 g/mol. The van der Waals surface area contributed by atoms with E-state index >= 15 is 4.79 Å². The second kappa shape index (κ2) is 12.6. The number of carbonyl (C=O) groups is 3. The van der Waals surface area contributed by atoms with E-state index in [1.165, 1.54) is 24.8 Å². The zero-order valence-electron chi connectivity index (χ0n) is 32.1. The number of carbonyl (C=O) groups excluding carboxylic acids is 3. The Bertz CT molecular complexity index is 1790. The first-order valence-electron chi connectivity index (χ1n) is 19.5. The van der Waals surface area contributed by atoms with Gasteiger partial charge in [0.05, 0.1) is 13.5 Å². The highest BCUT2D eigenvalue weighted by Gasteiger charge is 2.71. The highest BCUT2D eigenvalue weighted by Crippen LogP contribution is 2.75. The third kappa shape index (κ3) is 5.42. The number of ether oxygens (including phenoxy) is 2. The van der Waals surface area contributed by atoms with Crippen LogP contribution in [0.1, 0.15) is 111 Å². The lowest BCUT2D eigenvalue weighted by Gasteiger charge is -2.70. The number of Topliss-reactive ketones (excluding diaryl/α,β-unsaturated/α-hetero) is 1. The van der Waals surface area contributed by atoms with Gasteiger partial charge in [0.2, 0.25) is 0 Å². The summed E-state index contributed by atoms with van der Waals surface area (Å²) in [6.45, 7) is 16.6. The molecule has 5 aliphatic carbocycles. The molecule has 0 bridgehead atoms. The molecule has 5 aliphatic rings. The summed E-state index contributed by atoms with van der Waals surface area (Å²) in [7, 11) is 1.64. The van der Waals surface area contributed by atoms with E-state index in [0.29, 0.717) is 35.5 Å². The number of hydrogen-bond donors (Lipinski definition) is 0. The largest absolute Gasteiger partial charge is 0.496 e. The van der Waals surface area contributed by atoms with E-state index in [4.69, 9.17) is 9.47 Å². The molecule has 4 saturated carbocycles. The summed E-state index contributed by atoms with van der Waals surface area (Å²) in [5.74, 6) is 1.68. The van der Waals surface area contributed by atoms with Crippen molar-refractivity contribution in [3.63, 3.8) is 0 Å². The topological polar surface area (TPSA) is 69.7 Å². The van der Waals surface area contributed by atoms with Gasteiger partial charge in [-0.05, 0) is 120 Å². The number of benzene rings is 2. The van der Waals surface area contributed by atoms with Crippen LogP contribution in [0.3, 0.4) is 0 Å². The number of rotatable bonds is 6. The van der Waals surface area contributed by atoms with Crippen molar-refractivity contribution in [3.8, 4) is 5.75 Å². The lowest BCUT2D eigenvalue weighted by atomic mass is 9.33. The SMILES string of the molecule is COc1ccccc1/C=C1\C[C@]2(C)[C@H]3C(=O)C=C4[C@@H]5[C@@H](C)[C@H](C)CC[C@]5(C)CC[C@@]4(C)[C@]3(C)CC[C@H]2C(C)(CC(=O)OCc2ccccc2)C1=O. The van der Waals surface area contributed by atoms with Gasteiger partial charge in [0.25, 0.3) is 0 Å². The molecule has 272 valence electrons. The van der Waals surface area contributed by atoms with Gasteiger partial charge >= 0.3 is 5.97 Å². The number of para-hydroxylation sites is 1. The molecule has 5 nitrogen and oxygen atoms in total. The summed E-state index contributed by atoms with van der Waals surface area (Å²) in [6.07, 6.45) is 11.0. The van der Waals surface area contributed by atoms with Crippen LogP contribution in [0.2, 0.25) is 0 Å². The summed E-state index contributed by atoms with van der Waals surface area (Å²) in [5.41, 5.74) is 2.08. The quantitative estimate of drug-likeness (QED) is 0.223. The third-order valence-corrected chi connectivity index (χ3v) is 15.8. The number of allylic oxidation sites excluding steroid dienone is 3. The van der Waals surface area contributed by atoms with Crippen LogP contribution in [0.4, 0.5) is 0 Å². The number of esters is 1. The first-order chi connectivity index (χ1) is 24.1.